The Hall–Kier alpha value is -2.62. The number of aromatic nitrogens is 3. The molecule has 4 heteroatoms. The monoisotopic (exact) mass is 306 g/mol. The summed E-state index contributed by atoms with van der Waals surface area (Å²) in [5.41, 5.74) is 6.03. The van der Waals surface area contributed by atoms with Crippen molar-refractivity contribution in [3.8, 4) is 0 Å². The number of nitrogens with one attached hydrogen (secondary N) is 1. The van der Waals surface area contributed by atoms with E-state index in [2.05, 4.69) is 35.0 Å². The van der Waals surface area contributed by atoms with Gasteiger partial charge in [0.2, 0.25) is 0 Å². The molecule has 23 heavy (non-hydrogen) atoms. The van der Waals surface area contributed by atoms with Crippen LogP contribution >= 0.6 is 0 Å². The number of fused-ring (bicyclic) bond motifs is 4. The summed E-state index contributed by atoms with van der Waals surface area (Å²) < 4.78 is 2.11. The van der Waals surface area contributed by atoms with Gasteiger partial charge in [-0.15, -0.1) is 0 Å². The number of hydrogen-bond acceptors (Lipinski definition) is 3. The zero-order valence-electron chi connectivity index (χ0n) is 14.1. The molecule has 0 amide bonds. The topological polar surface area (TPSA) is 42.7 Å². The van der Waals surface area contributed by atoms with E-state index < -0.39 is 0 Å². The quantitative estimate of drug-likeness (QED) is 0.582. The fourth-order valence-corrected chi connectivity index (χ4v) is 2.85. The highest BCUT2D eigenvalue weighted by atomic mass is 15.0. The van der Waals surface area contributed by atoms with Crippen molar-refractivity contribution < 1.29 is 0 Å². The van der Waals surface area contributed by atoms with Crippen LogP contribution in [0.4, 0.5) is 5.69 Å². The summed E-state index contributed by atoms with van der Waals surface area (Å²) in [5.74, 6) is 0. The van der Waals surface area contributed by atoms with Gasteiger partial charge in [-0.3, -0.25) is 0 Å². The van der Waals surface area contributed by atoms with Crippen LogP contribution in [-0.2, 0) is 7.05 Å². The van der Waals surface area contributed by atoms with Crippen LogP contribution in [0.15, 0.2) is 42.5 Å². The molecule has 0 spiro atoms. The first-order valence-electron chi connectivity index (χ1n) is 8.16. The zero-order chi connectivity index (χ0) is 16.4. The third-order valence-electron chi connectivity index (χ3n) is 3.86. The molecule has 4 rings (SSSR count). The third kappa shape index (κ3) is 2.50. The van der Waals surface area contributed by atoms with Crippen LogP contribution in [0.2, 0.25) is 0 Å². The molecule has 4 nitrogen and oxygen atoms in total. The van der Waals surface area contributed by atoms with Crippen LogP contribution in [0.5, 0.6) is 0 Å². The number of para-hydroxylation sites is 2. The average Bonchev–Trinajstić information content (AvgIpc) is 2.87. The summed E-state index contributed by atoms with van der Waals surface area (Å²) >= 11 is 0. The number of rotatable bonds is 2. The lowest BCUT2D eigenvalue weighted by Gasteiger charge is -2.03. The second-order valence-electron chi connectivity index (χ2n) is 5.21. The molecule has 0 saturated heterocycles. The Kier molecular flexibility index (Phi) is 4.15. The normalized spacial score (nSPS) is 10.8. The van der Waals surface area contributed by atoms with Crippen molar-refractivity contribution >= 4 is 38.8 Å². The highest BCUT2D eigenvalue weighted by Crippen LogP contribution is 2.29. The number of nitrogens with zero attached hydrogens (tertiary/aromatic N) is 3. The van der Waals surface area contributed by atoms with Gasteiger partial charge in [-0.1, -0.05) is 26.0 Å². The van der Waals surface area contributed by atoms with Crippen LogP contribution in [0.25, 0.3) is 33.1 Å². The Labute approximate surface area is 136 Å². The molecule has 0 aliphatic heterocycles. The summed E-state index contributed by atoms with van der Waals surface area (Å²) in [6, 6.07) is 14.4. The predicted molar refractivity (Wildman–Crippen MR) is 99.0 cm³/mol. The van der Waals surface area contributed by atoms with Gasteiger partial charge in [-0.05, 0) is 37.3 Å². The van der Waals surface area contributed by atoms with Crippen molar-refractivity contribution in [2.24, 2.45) is 7.05 Å². The molecule has 0 fully saturated rings. The fraction of sp³-hybridized carbons (Fsp3) is 0.263. The molecule has 2 heterocycles. The lowest BCUT2D eigenvalue weighted by atomic mass is 10.2. The summed E-state index contributed by atoms with van der Waals surface area (Å²) in [6.07, 6.45) is 0. The van der Waals surface area contributed by atoms with Crippen molar-refractivity contribution in [2.75, 3.05) is 11.9 Å². The molecule has 2 aromatic carbocycles. The zero-order valence-corrected chi connectivity index (χ0v) is 14.1. The van der Waals surface area contributed by atoms with Gasteiger partial charge in [-0.25, -0.2) is 9.97 Å². The molecule has 0 saturated carbocycles. The highest BCUT2D eigenvalue weighted by molar-refractivity contribution is 6.07. The molecule has 0 radical (unpaired) electrons. The number of aryl methyl sites for hydroxylation is 1. The highest BCUT2D eigenvalue weighted by Gasteiger charge is 2.12. The van der Waals surface area contributed by atoms with Crippen molar-refractivity contribution in [3.63, 3.8) is 0 Å². The van der Waals surface area contributed by atoms with Gasteiger partial charge >= 0.3 is 0 Å². The van der Waals surface area contributed by atoms with E-state index in [4.69, 9.17) is 9.97 Å². The van der Waals surface area contributed by atoms with Crippen LogP contribution in [-0.4, -0.2) is 21.1 Å². The third-order valence-corrected chi connectivity index (χ3v) is 3.86. The van der Waals surface area contributed by atoms with E-state index in [1.807, 2.05) is 45.2 Å². The largest absolute Gasteiger partial charge is 0.385 e. The first kappa shape index (κ1) is 15.3. The molecule has 118 valence electrons. The van der Waals surface area contributed by atoms with Crippen LogP contribution in [0.1, 0.15) is 20.8 Å². The number of hydrogen-bond donors (Lipinski definition) is 1. The first-order valence-corrected chi connectivity index (χ1v) is 8.16. The van der Waals surface area contributed by atoms with Gasteiger partial charge in [0.25, 0.3) is 0 Å². The van der Waals surface area contributed by atoms with Crippen molar-refractivity contribution in [1.82, 2.24) is 14.5 Å². The van der Waals surface area contributed by atoms with Gasteiger partial charge in [0.05, 0.1) is 16.6 Å². The molecule has 0 atom stereocenters. The Morgan fingerprint density at radius 3 is 2.39 bits per heavy atom. The van der Waals surface area contributed by atoms with E-state index in [0.29, 0.717) is 0 Å². The van der Waals surface area contributed by atoms with E-state index in [-0.39, 0.29) is 0 Å². The lowest BCUT2D eigenvalue weighted by Crippen LogP contribution is -1.95. The van der Waals surface area contributed by atoms with Crippen molar-refractivity contribution in [3.05, 3.63) is 42.5 Å². The smallest absolute Gasteiger partial charge is 0.160 e. The van der Waals surface area contributed by atoms with Crippen LogP contribution < -0.4 is 5.32 Å². The van der Waals surface area contributed by atoms with Crippen LogP contribution in [0, 0.1) is 0 Å². The van der Waals surface area contributed by atoms with Crippen LogP contribution in [0.3, 0.4) is 0 Å². The molecular formula is C19H22N4. The van der Waals surface area contributed by atoms with Gasteiger partial charge in [0.1, 0.15) is 5.52 Å². The molecule has 0 aliphatic rings. The minimum absolute atomic E-state index is 0.908. The van der Waals surface area contributed by atoms with Gasteiger partial charge in [0.15, 0.2) is 5.65 Å². The van der Waals surface area contributed by atoms with Gasteiger partial charge in [0, 0.05) is 24.7 Å². The SMILES string of the molecule is CC.CCNc1ccc2c(c1)c1nc3ccccc3nc1n2C. The summed E-state index contributed by atoms with van der Waals surface area (Å²) in [5, 5.41) is 4.50. The minimum Gasteiger partial charge on any atom is -0.385 e. The second kappa shape index (κ2) is 6.24. The Bertz CT molecular complexity index is 969. The van der Waals surface area contributed by atoms with E-state index in [9.17, 15) is 0 Å². The lowest BCUT2D eigenvalue weighted by molar-refractivity contribution is 0.992. The summed E-state index contributed by atoms with van der Waals surface area (Å²) in [4.78, 5) is 9.59. The first-order chi connectivity index (χ1) is 11.3. The number of anilines is 1. The molecule has 0 aliphatic carbocycles. The van der Waals surface area contributed by atoms with E-state index in [1.165, 1.54) is 0 Å². The molecule has 1 N–H and O–H groups in total. The summed E-state index contributed by atoms with van der Waals surface area (Å²) in [7, 11) is 2.04. The van der Waals surface area contributed by atoms with Gasteiger partial charge in [-0.2, -0.15) is 0 Å². The van der Waals surface area contributed by atoms with Gasteiger partial charge < -0.3 is 9.88 Å². The van der Waals surface area contributed by atoms with E-state index >= 15 is 0 Å². The predicted octanol–water partition coefficient (Wildman–Crippen LogP) is 4.73. The Balaban J connectivity index is 0.000000753. The maximum Gasteiger partial charge on any atom is 0.160 e. The average molecular weight is 306 g/mol. The van der Waals surface area contributed by atoms with E-state index in [1.54, 1.807) is 0 Å². The molecule has 4 aromatic rings. The molecule has 0 unspecified atom stereocenters. The Morgan fingerprint density at radius 2 is 1.70 bits per heavy atom. The molecular weight excluding hydrogens is 284 g/mol. The molecule has 2 aromatic heterocycles. The maximum absolute atomic E-state index is 4.82. The Morgan fingerprint density at radius 1 is 1.00 bits per heavy atom. The second-order valence-corrected chi connectivity index (χ2v) is 5.21. The minimum atomic E-state index is 0.908. The fourth-order valence-electron chi connectivity index (χ4n) is 2.85. The van der Waals surface area contributed by atoms with E-state index in [0.717, 1.165) is 45.3 Å². The van der Waals surface area contributed by atoms with Crippen molar-refractivity contribution in [1.29, 1.82) is 0 Å². The molecule has 0 bridgehead atoms. The number of benzene rings is 2. The summed E-state index contributed by atoms with van der Waals surface area (Å²) in [6.45, 7) is 7.01. The standard InChI is InChI=1S/C17H16N4.C2H6/c1-3-18-11-8-9-15-12(10-11)16-17(21(15)2)20-14-7-5-4-6-13(14)19-16;1-2/h4-10,18H,3H2,1-2H3;1-2H3. The van der Waals surface area contributed by atoms with Crippen molar-refractivity contribution in [2.45, 2.75) is 20.8 Å². The maximum atomic E-state index is 4.82.